The van der Waals surface area contributed by atoms with E-state index in [0.29, 0.717) is 72.6 Å². The Bertz CT molecular complexity index is 363. The third kappa shape index (κ3) is 23.1. The Morgan fingerprint density at radius 2 is 1.11 bits per heavy atom. The van der Waals surface area contributed by atoms with Crippen molar-refractivity contribution in [2.75, 3.05) is 93.3 Å². The minimum absolute atomic E-state index is 0.402. The van der Waals surface area contributed by atoms with Gasteiger partial charge in [0.1, 0.15) is 5.60 Å². The van der Waals surface area contributed by atoms with Crippen LogP contribution in [0, 0.1) is 0 Å². The lowest BCUT2D eigenvalue weighted by atomic mass is 10.2. The summed E-state index contributed by atoms with van der Waals surface area (Å²) < 4.78 is 32.1. The zero-order valence-electron chi connectivity index (χ0n) is 18.3. The van der Waals surface area contributed by atoms with Crippen LogP contribution >= 0.6 is 0 Å². The van der Waals surface area contributed by atoms with Crippen LogP contribution < -0.4 is 5.32 Å². The van der Waals surface area contributed by atoms with Crippen molar-refractivity contribution in [2.24, 2.45) is 0 Å². The minimum Gasteiger partial charge on any atom is -0.444 e. The molecule has 28 heavy (non-hydrogen) atoms. The lowest BCUT2D eigenvalue weighted by Gasteiger charge is -2.19. The second kappa shape index (κ2) is 18.1. The molecule has 0 rings (SSSR count). The number of likely N-dealkylation sites (N-methyl/N-ethyl adjacent to an activating group) is 1. The van der Waals surface area contributed by atoms with Gasteiger partial charge in [0.05, 0.1) is 66.1 Å². The number of hydrogen-bond donors (Lipinski definition) is 1. The van der Waals surface area contributed by atoms with Crippen LogP contribution in [0.2, 0.25) is 0 Å². The van der Waals surface area contributed by atoms with Crippen molar-refractivity contribution in [2.45, 2.75) is 26.4 Å². The van der Waals surface area contributed by atoms with Crippen LogP contribution in [0.5, 0.6) is 0 Å². The van der Waals surface area contributed by atoms with Gasteiger partial charge in [0.25, 0.3) is 0 Å². The van der Waals surface area contributed by atoms with Crippen molar-refractivity contribution in [3.63, 3.8) is 0 Å². The van der Waals surface area contributed by atoms with Gasteiger partial charge in [-0.2, -0.15) is 0 Å². The predicted molar refractivity (Wildman–Crippen MR) is 107 cm³/mol. The Balaban J connectivity index is 3.13. The van der Waals surface area contributed by atoms with Gasteiger partial charge in [-0.05, 0) is 34.9 Å². The number of alkyl carbamates (subject to hydrolysis) is 1. The lowest BCUT2D eigenvalue weighted by molar-refractivity contribution is -0.0116. The minimum atomic E-state index is -0.493. The van der Waals surface area contributed by atoms with E-state index in [1.54, 1.807) is 0 Å². The molecular formula is C19H40N2O7. The average molecular weight is 409 g/mol. The fraction of sp³-hybridized carbons (Fsp3) is 0.947. The van der Waals surface area contributed by atoms with Gasteiger partial charge in [0, 0.05) is 13.1 Å². The highest BCUT2D eigenvalue weighted by molar-refractivity contribution is 5.67. The zero-order valence-corrected chi connectivity index (χ0v) is 18.3. The van der Waals surface area contributed by atoms with Gasteiger partial charge in [-0.1, -0.05) is 0 Å². The molecule has 0 aromatic carbocycles. The number of nitrogens with zero attached hydrogens (tertiary/aromatic N) is 1. The molecule has 1 N–H and O–H groups in total. The maximum Gasteiger partial charge on any atom is 0.407 e. The summed E-state index contributed by atoms with van der Waals surface area (Å²) in [6, 6.07) is 0. The molecule has 0 bridgehead atoms. The molecule has 1 amide bonds. The van der Waals surface area contributed by atoms with E-state index in [9.17, 15) is 4.79 Å². The number of carbonyl (C=O) groups is 1. The summed E-state index contributed by atoms with van der Waals surface area (Å²) in [4.78, 5) is 13.5. The number of rotatable bonds is 18. The van der Waals surface area contributed by atoms with E-state index in [1.165, 1.54) is 0 Å². The van der Waals surface area contributed by atoms with Crippen molar-refractivity contribution in [3.8, 4) is 0 Å². The average Bonchev–Trinajstić information content (AvgIpc) is 2.59. The van der Waals surface area contributed by atoms with E-state index in [0.717, 1.165) is 6.54 Å². The number of nitrogens with one attached hydrogen (secondary N) is 1. The summed E-state index contributed by atoms with van der Waals surface area (Å²) in [7, 11) is 4.03. The third-order valence-electron chi connectivity index (χ3n) is 3.09. The van der Waals surface area contributed by atoms with Gasteiger partial charge in [-0.15, -0.1) is 0 Å². The molecule has 0 aliphatic heterocycles. The summed E-state index contributed by atoms with van der Waals surface area (Å²) in [6.07, 6.45) is -0.440. The normalized spacial score (nSPS) is 11.8. The second-order valence-corrected chi connectivity index (χ2v) is 7.29. The number of amides is 1. The molecule has 0 radical (unpaired) electrons. The molecule has 0 heterocycles. The van der Waals surface area contributed by atoms with E-state index >= 15 is 0 Å². The molecule has 9 nitrogen and oxygen atoms in total. The molecule has 9 heteroatoms. The van der Waals surface area contributed by atoms with Crippen LogP contribution in [0.3, 0.4) is 0 Å². The monoisotopic (exact) mass is 408 g/mol. The van der Waals surface area contributed by atoms with E-state index in [1.807, 2.05) is 34.9 Å². The molecular weight excluding hydrogens is 368 g/mol. The molecule has 168 valence electrons. The zero-order chi connectivity index (χ0) is 21.1. The molecule has 0 aromatic rings. The van der Waals surface area contributed by atoms with Crippen molar-refractivity contribution in [1.82, 2.24) is 10.2 Å². The molecule has 0 saturated carbocycles. The van der Waals surface area contributed by atoms with Gasteiger partial charge >= 0.3 is 6.09 Å². The Morgan fingerprint density at radius 3 is 1.50 bits per heavy atom. The predicted octanol–water partition coefficient (Wildman–Crippen LogP) is 1.16. The van der Waals surface area contributed by atoms with Crippen LogP contribution in [0.25, 0.3) is 0 Å². The van der Waals surface area contributed by atoms with Crippen molar-refractivity contribution >= 4 is 6.09 Å². The Morgan fingerprint density at radius 1 is 0.714 bits per heavy atom. The first-order chi connectivity index (χ1) is 13.3. The van der Waals surface area contributed by atoms with Gasteiger partial charge in [-0.25, -0.2) is 4.79 Å². The summed E-state index contributed by atoms with van der Waals surface area (Å²) in [5.74, 6) is 0. The van der Waals surface area contributed by atoms with E-state index < -0.39 is 11.7 Å². The number of carbonyl (C=O) groups excluding carboxylic acids is 1. The maximum atomic E-state index is 11.4. The second-order valence-electron chi connectivity index (χ2n) is 7.29. The number of ether oxygens (including phenoxy) is 6. The van der Waals surface area contributed by atoms with Crippen LogP contribution in [-0.2, 0) is 28.4 Å². The smallest absolute Gasteiger partial charge is 0.407 e. The summed E-state index contributed by atoms with van der Waals surface area (Å²) in [6.45, 7) is 12.1. The van der Waals surface area contributed by atoms with E-state index in [-0.39, 0.29) is 0 Å². The van der Waals surface area contributed by atoms with Gasteiger partial charge < -0.3 is 38.6 Å². The Kier molecular flexibility index (Phi) is 17.5. The summed E-state index contributed by atoms with van der Waals surface area (Å²) >= 11 is 0. The molecule has 0 unspecified atom stereocenters. The maximum absolute atomic E-state index is 11.4. The fourth-order valence-corrected chi connectivity index (χ4v) is 1.77. The first-order valence-corrected chi connectivity index (χ1v) is 9.81. The topological polar surface area (TPSA) is 87.7 Å². The van der Waals surface area contributed by atoms with Crippen molar-refractivity contribution in [3.05, 3.63) is 0 Å². The molecule has 0 fully saturated rings. The quantitative estimate of drug-likeness (QED) is 0.338. The first-order valence-electron chi connectivity index (χ1n) is 9.81. The van der Waals surface area contributed by atoms with Gasteiger partial charge in [-0.3, -0.25) is 0 Å². The van der Waals surface area contributed by atoms with Crippen LogP contribution in [0.1, 0.15) is 20.8 Å². The highest BCUT2D eigenvalue weighted by Crippen LogP contribution is 2.05. The number of hydrogen-bond acceptors (Lipinski definition) is 8. The lowest BCUT2D eigenvalue weighted by Crippen LogP contribution is -2.34. The first kappa shape index (κ1) is 27.0. The largest absolute Gasteiger partial charge is 0.444 e. The third-order valence-corrected chi connectivity index (χ3v) is 3.09. The fourth-order valence-electron chi connectivity index (χ4n) is 1.77. The van der Waals surface area contributed by atoms with Crippen molar-refractivity contribution < 1.29 is 33.2 Å². The highest BCUT2D eigenvalue weighted by atomic mass is 16.6. The van der Waals surface area contributed by atoms with Crippen molar-refractivity contribution in [1.29, 1.82) is 0 Å². The standard InChI is InChI=1S/C19H40N2O7/c1-19(2,3)28-18(22)20-6-8-23-10-12-25-14-16-27-17-15-26-13-11-24-9-7-21(4)5/h6-17H2,1-5H3,(H,20,22). The Labute approximate surface area is 169 Å². The van der Waals surface area contributed by atoms with E-state index in [2.05, 4.69) is 10.2 Å². The SMILES string of the molecule is CN(C)CCOCCOCCOCCOCCOCCNC(=O)OC(C)(C)C. The van der Waals surface area contributed by atoms with Crippen LogP contribution in [0.15, 0.2) is 0 Å². The summed E-state index contributed by atoms with van der Waals surface area (Å²) in [5.41, 5.74) is -0.493. The molecule has 0 aliphatic rings. The van der Waals surface area contributed by atoms with Crippen LogP contribution in [-0.4, -0.2) is 110 Å². The van der Waals surface area contributed by atoms with Crippen LogP contribution in [0.4, 0.5) is 4.79 Å². The van der Waals surface area contributed by atoms with Gasteiger partial charge in [0.15, 0.2) is 0 Å². The molecule has 0 spiro atoms. The molecule has 0 aromatic heterocycles. The Hall–Kier alpha value is -0.970. The highest BCUT2D eigenvalue weighted by Gasteiger charge is 2.15. The van der Waals surface area contributed by atoms with Gasteiger partial charge in [0.2, 0.25) is 0 Å². The summed E-state index contributed by atoms with van der Waals surface area (Å²) in [5, 5.41) is 2.62. The molecule has 0 aliphatic carbocycles. The van der Waals surface area contributed by atoms with E-state index in [4.69, 9.17) is 28.4 Å². The molecule has 0 atom stereocenters. The molecule has 0 saturated heterocycles.